The number of ether oxygens (including phenoxy) is 1. The molecule has 21 heavy (non-hydrogen) atoms. The van der Waals surface area contributed by atoms with Gasteiger partial charge in [-0.25, -0.2) is 4.98 Å². The van der Waals surface area contributed by atoms with E-state index in [-0.39, 0.29) is 0 Å². The van der Waals surface area contributed by atoms with E-state index in [1.807, 2.05) is 30.6 Å². The Balaban J connectivity index is 1.75. The Morgan fingerprint density at radius 2 is 1.81 bits per heavy atom. The Morgan fingerprint density at radius 3 is 2.71 bits per heavy atom. The van der Waals surface area contributed by atoms with Gasteiger partial charge in [0.1, 0.15) is 11.6 Å². The second-order valence-corrected chi connectivity index (χ2v) is 5.05. The first-order valence-corrected chi connectivity index (χ1v) is 7.14. The van der Waals surface area contributed by atoms with Gasteiger partial charge in [0.05, 0.1) is 24.2 Å². The van der Waals surface area contributed by atoms with E-state index in [9.17, 15) is 0 Å². The molecule has 0 saturated carbocycles. The van der Waals surface area contributed by atoms with E-state index < -0.39 is 0 Å². The van der Waals surface area contributed by atoms with Crippen LogP contribution in [0.2, 0.25) is 0 Å². The third kappa shape index (κ3) is 2.25. The average Bonchev–Trinajstić information content (AvgIpc) is 3.00. The van der Waals surface area contributed by atoms with Crippen molar-refractivity contribution in [2.75, 3.05) is 31.2 Å². The van der Waals surface area contributed by atoms with Crippen molar-refractivity contribution in [3.8, 4) is 5.82 Å². The zero-order valence-electron chi connectivity index (χ0n) is 11.6. The second-order valence-electron chi connectivity index (χ2n) is 5.05. The molecule has 1 fully saturated rings. The lowest BCUT2D eigenvalue weighted by molar-refractivity contribution is 0.122. The summed E-state index contributed by atoms with van der Waals surface area (Å²) in [7, 11) is 0. The molecule has 0 unspecified atom stereocenters. The minimum atomic E-state index is 0.766. The Bertz CT molecular complexity index is 762. The van der Waals surface area contributed by atoms with Crippen molar-refractivity contribution >= 4 is 16.9 Å². The van der Waals surface area contributed by atoms with Gasteiger partial charge in [0.25, 0.3) is 0 Å². The zero-order chi connectivity index (χ0) is 14.1. The highest BCUT2D eigenvalue weighted by atomic mass is 16.5. The molecule has 4 rings (SSSR count). The van der Waals surface area contributed by atoms with Crippen molar-refractivity contribution in [3.63, 3.8) is 0 Å². The van der Waals surface area contributed by atoms with Crippen molar-refractivity contribution in [3.05, 3.63) is 48.8 Å². The summed E-state index contributed by atoms with van der Waals surface area (Å²) in [6.45, 7) is 3.32. The number of hydrogen-bond acceptors (Lipinski definition) is 4. The summed E-state index contributed by atoms with van der Waals surface area (Å²) in [6.07, 6.45) is 3.83. The van der Waals surface area contributed by atoms with Crippen LogP contribution in [-0.4, -0.2) is 40.8 Å². The molecule has 4 heterocycles. The van der Waals surface area contributed by atoms with E-state index in [0.29, 0.717) is 0 Å². The van der Waals surface area contributed by atoms with Gasteiger partial charge in [-0.05, 0) is 30.3 Å². The summed E-state index contributed by atoms with van der Waals surface area (Å²) >= 11 is 0. The van der Waals surface area contributed by atoms with E-state index in [1.54, 1.807) is 0 Å². The lowest BCUT2D eigenvalue weighted by Crippen LogP contribution is -2.36. The molecular formula is C16H16N4O. The first-order valence-electron chi connectivity index (χ1n) is 7.14. The molecule has 0 spiro atoms. The number of nitrogens with zero attached hydrogens (tertiary/aromatic N) is 4. The lowest BCUT2D eigenvalue weighted by Gasteiger charge is -2.28. The molecule has 5 heteroatoms. The lowest BCUT2D eigenvalue weighted by atomic mass is 10.3. The molecule has 1 aliphatic heterocycles. The minimum Gasteiger partial charge on any atom is -0.378 e. The fraction of sp³-hybridized carbons (Fsp3) is 0.250. The SMILES string of the molecule is c1cc(N2CCOCC2)nc(-n2ccc3ncccc32)c1. The van der Waals surface area contributed by atoms with Crippen LogP contribution in [0.3, 0.4) is 0 Å². The standard InChI is InChI=1S/C16H16N4O/c1-4-15(19-9-11-21-12-10-19)18-16(5-1)20-8-6-13-14(20)3-2-7-17-13/h1-8H,9-12H2. The topological polar surface area (TPSA) is 43.2 Å². The smallest absolute Gasteiger partial charge is 0.139 e. The Kier molecular flexibility index (Phi) is 3.05. The van der Waals surface area contributed by atoms with Crippen molar-refractivity contribution in [1.82, 2.24) is 14.5 Å². The number of aromatic nitrogens is 3. The fourth-order valence-corrected chi connectivity index (χ4v) is 2.68. The van der Waals surface area contributed by atoms with Crippen molar-refractivity contribution in [2.24, 2.45) is 0 Å². The van der Waals surface area contributed by atoms with Crippen LogP contribution in [0.4, 0.5) is 5.82 Å². The summed E-state index contributed by atoms with van der Waals surface area (Å²) in [5, 5.41) is 0. The number of hydrogen-bond donors (Lipinski definition) is 0. The van der Waals surface area contributed by atoms with Gasteiger partial charge in [0.2, 0.25) is 0 Å². The van der Waals surface area contributed by atoms with Crippen LogP contribution in [0.25, 0.3) is 16.9 Å². The van der Waals surface area contributed by atoms with Gasteiger partial charge in [-0.15, -0.1) is 0 Å². The number of rotatable bonds is 2. The van der Waals surface area contributed by atoms with Crippen LogP contribution in [0.15, 0.2) is 48.8 Å². The molecule has 0 atom stereocenters. The largest absolute Gasteiger partial charge is 0.378 e. The summed E-state index contributed by atoms with van der Waals surface area (Å²) in [5.74, 6) is 1.92. The molecule has 0 aliphatic carbocycles. The first-order chi connectivity index (χ1) is 10.4. The van der Waals surface area contributed by atoms with Crippen LogP contribution in [0.5, 0.6) is 0 Å². The van der Waals surface area contributed by atoms with Crippen molar-refractivity contribution in [2.45, 2.75) is 0 Å². The maximum absolute atomic E-state index is 5.40. The molecule has 3 aromatic rings. The zero-order valence-corrected chi connectivity index (χ0v) is 11.6. The van der Waals surface area contributed by atoms with Gasteiger partial charge in [-0.2, -0.15) is 0 Å². The molecule has 0 amide bonds. The predicted molar refractivity (Wildman–Crippen MR) is 81.9 cm³/mol. The molecule has 3 aromatic heterocycles. The molecule has 0 bridgehead atoms. The Labute approximate surface area is 122 Å². The Morgan fingerprint density at radius 1 is 0.952 bits per heavy atom. The highest BCUT2D eigenvalue weighted by Crippen LogP contribution is 2.20. The minimum absolute atomic E-state index is 0.766. The average molecular weight is 280 g/mol. The summed E-state index contributed by atoms with van der Waals surface area (Å²) in [4.78, 5) is 11.4. The van der Waals surface area contributed by atoms with Crippen LogP contribution < -0.4 is 4.90 Å². The quantitative estimate of drug-likeness (QED) is 0.722. The summed E-state index contributed by atoms with van der Waals surface area (Å²) < 4.78 is 7.47. The maximum atomic E-state index is 5.40. The van der Waals surface area contributed by atoms with Gasteiger partial charge >= 0.3 is 0 Å². The number of morpholine rings is 1. The van der Waals surface area contributed by atoms with Gasteiger partial charge in [0.15, 0.2) is 0 Å². The summed E-state index contributed by atoms with van der Waals surface area (Å²) in [5.41, 5.74) is 2.06. The van der Waals surface area contributed by atoms with Gasteiger partial charge in [-0.1, -0.05) is 6.07 Å². The monoisotopic (exact) mass is 280 g/mol. The van der Waals surface area contributed by atoms with Gasteiger partial charge in [-0.3, -0.25) is 9.55 Å². The molecule has 0 N–H and O–H groups in total. The Hall–Kier alpha value is -2.40. The third-order valence-corrected chi connectivity index (χ3v) is 3.76. The normalized spacial score (nSPS) is 15.5. The number of fused-ring (bicyclic) bond motifs is 1. The highest BCUT2D eigenvalue weighted by molar-refractivity contribution is 5.77. The second kappa shape index (κ2) is 5.18. The first kappa shape index (κ1) is 12.3. The van der Waals surface area contributed by atoms with Gasteiger partial charge in [0, 0.05) is 25.5 Å². The molecule has 0 radical (unpaired) electrons. The van der Waals surface area contributed by atoms with Crippen LogP contribution >= 0.6 is 0 Å². The van der Waals surface area contributed by atoms with Crippen LogP contribution in [-0.2, 0) is 4.74 Å². The van der Waals surface area contributed by atoms with E-state index in [4.69, 9.17) is 9.72 Å². The van der Waals surface area contributed by atoms with Crippen LogP contribution in [0, 0.1) is 0 Å². The van der Waals surface area contributed by atoms with Crippen molar-refractivity contribution < 1.29 is 4.74 Å². The van der Waals surface area contributed by atoms with E-state index in [2.05, 4.69) is 32.7 Å². The van der Waals surface area contributed by atoms with Crippen molar-refractivity contribution in [1.29, 1.82) is 0 Å². The highest BCUT2D eigenvalue weighted by Gasteiger charge is 2.13. The molecule has 5 nitrogen and oxygen atoms in total. The third-order valence-electron chi connectivity index (χ3n) is 3.76. The maximum Gasteiger partial charge on any atom is 0.139 e. The fourth-order valence-electron chi connectivity index (χ4n) is 2.68. The van der Waals surface area contributed by atoms with E-state index in [0.717, 1.165) is 49.0 Å². The predicted octanol–water partition coefficient (Wildman–Crippen LogP) is 2.26. The summed E-state index contributed by atoms with van der Waals surface area (Å²) in [6, 6.07) is 12.2. The number of anilines is 1. The number of pyridine rings is 2. The molecular weight excluding hydrogens is 264 g/mol. The molecule has 106 valence electrons. The van der Waals surface area contributed by atoms with E-state index in [1.165, 1.54) is 0 Å². The molecule has 1 aliphatic rings. The molecule has 1 saturated heterocycles. The van der Waals surface area contributed by atoms with Gasteiger partial charge < -0.3 is 9.64 Å². The molecule has 0 aromatic carbocycles. The van der Waals surface area contributed by atoms with Crippen LogP contribution in [0.1, 0.15) is 0 Å². The van der Waals surface area contributed by atoms with E-state index >= 15 is 0 Å².